The van der Waals surface area contributed by atoms with Crippen LogP contribution in [0.4, 0.5) is 0 Å². The van der Waals surface area contributed by atoms with Gasteiger partial charge in [-0.1, -0.05) is 13.3 Å². The number of nitrogens with one attached hydrogen (secondary N) is 1. The van der Waals surface area contributed by atoms with E-state index in [1.54, 1.807) is 7.11 Å². The predicted molar refractivity (Wildman–Crippen MR) is 77.9 cm³/mol. The molecule has 0 radical (unpaired) electrons. The molecule has 5 heteroatoms. The maximum absolute atomic E-state index is 11.7. The second-order valence-electron chi connectivity index (χ2n) is 5.54. The van der Waals surface area contributed by atoms with Crippen LogP contribution < -0.4 is 5.32 Å². The highest BCUT2D eigenvalue weighted by molar-refractivity contribution is 5.79. The third-order valence-electron chi connectivity index (χ3n) is 4.14. The molecule has 1 fully saturated rings. The molecule has 1 aliphatic rings. The van der Waals surface area contributed by atoms with Crippen molar-refractivity contribution in [2.45, 2.75) is 51.0 Å². The van der Waals surface area contributed by atoms with E-state index >= 15 is 0 Å². The van der Waals surface area contributed by atoms with Crippen LogP contribution in [0, 0.1) is 5.92 Å². The molecule has 0 aromatic heterocycles. The van der Waals surface area contributed by atoms with Crippen molar-refractivity contribution in [2.24, 2.45) is 5.92 Å². The normalized spacial score (nSPS) is 26.0. The van der Waals surface area contributed by atoms with Crippen molar-refractivity contribution in [3.63, 3.8) is 0 Å². The van der Waals surface area contributed by atoms with Crippen LogP contribution >= 0.6 is 0 Å². The van der Waals surface area contributed by atoms with Crippen LogP contribution in [0.3, 0.4) is 0 Å². The van der Waals surface area contributed by atoms with E-state index in [2.05, 4.69) is 12.2 Å². The first kappa shape index (κ1) is 17.4. The summed E-state index contributed by atoms with van der Waals surface area (Å²) in [5.74, 6) is -0.526. The highest BCUT2D eigenvalue weighted by atomic mass is 16.5. The standard InChI is InChI=1S/C15H29NO4/c1-3-9-16-15(14(17)18)8-4-6-13(15)7-12-20-11-5-10-19-2/h13,16H,3-12H2,1-2H3,(H,17,18). The molecular formula is C15H29NO4. The Kier molecular flexibility index (Phi) is 8.11. The Balaban J connectivity index is 2.39. The molecule has 2 unspecified atom stereocenters. The minimum atomic E-state index is -0.730. The molecule has 1 aliphatic carbocycles. The number of methoxy groups -OCH3 is 1. The van der Waals surface area contributed by atoms with Gasteiger partial charge in [0.1, 0.15) is 5.54 Å². The van der Waals surface area contributed by atoms with Gasteiger partial charge in [0.15, 0.2) is 0 Å². The Morgan fingerprint density at radius 1 is 1.40 bits per heavy atom. The lowest BCUT2D eigenvalue weighted by molar-refractivity contribution is -0.147. The molecule has 0 heterocycles. The van der Waals surface area contributed by atoms with Gasteiger partial charge >= 0.3 is 5.97 Å². The highest BCUT2D eigenvalue weighted by Crippen LogP contribution is 2.38. The minimum Gasteiger partial charge on any atom is -0.480 e. The van der Waals surface area contributed by atoms with Gasteiger partial charge in [0.25, 0.3) is 0 Å². The van der Waals surface area contributed by atoms with Gasteiger partial charge < -0.3 is 19.9 Å². The summed E-state index contributed by atoms with van der Waals surface area (Å²) in [7, 11) is 1.68. The summed E-state index contributed by atoms with van der Waals surface area (Å²) >= 11 is 0. The number of aliphatic carboxylic acids is 1. The van der Waals surface area contributed by atoms with E-state index in [1.165, 1.54) is 0 Å². The van der Waals surface area contributed by atoms with Crippen LogP contribution in [-0.4, -0.2) is 50.1 Å². The Bertz CT molecular complexity index is 285. The number of carboxylic acids is 1. The quantitative estimate of drug-likeness (QED) is 0.569. The molecule has 1 rings (SSSR count). The molecule has 0 saturated heterocycles. The van der Waals surface area contributed by atoms with Crippen molar-refractivity contribution >= 4 is 5.97 Å². The average molecular weight is 287 g/mol. The summed E-state index contributed by atoms with van der Waals surface area (Å²) in [6, 6.07) is 0. The Morgan fingerprint density at radius 2 is 2.20 bits per heavy atom. The number of ether oxygens (including phenoxy) is 2. The van der Waals surface area contributed by atoms with Crippen LogP contribution in [0.5, 0.6) is 0 Å². The van der Waals surface area contributed by atoms with E-state index in [0.717, 1.165) is 45.1 Å². The Hall–Kier alpha value is -0.650. The minimum absolute atomic E-state index is 0.175. The Morgan fingerprint density at radius 3 is 2.85 bits per heavy atom. The molecule has 1 saturated carbocycles. The molecule has 0 aromatic rings. The summed E-state index contributed by atoms with van der Waals surface area (Å²) in [4.78, 5) is 11.7. The van der Waals surface area contributed by atoms with E-state index < -0.39 is 11.5 Å². The fraction of sp³-hybridized carbons (Fsp3) is 0.933. The molecule has 0 bridgehead atoms. The second kappa shape index (κ2) is 9.32. The molecule has 0 spiro atoms. The maximum atomic E-state index is 11.7. The van der Waals surface area contributed by atoms with Crippen molar-refractivity contribution in [3.05, 3.63) is 0 Å². The van der Waals surface area contributed by atoms with Crippen molar-refractivity contribution in [1.29, 1.82) is 0 Å². The Labute approximate surface area is 122 Å². The van der Waals surface area contributed by atoms with Crippen LogP contribution in [0.25, 0.3) is 0 Å². The lowest BCUT2D eigenvalue weighted by Crippen LogP contribution is -2.55. The van der Waals surface area contributed by atoms with Gasteiger partial charge in [-0.2, -0.15) is 0 Å². The lowest BCUT2D eigenvalue weighted by Gasteiger charge is -2.32. The largest absolute Gasteiger partial charge is 0.480 e. The molecule has 5 nitrogen and oxygen atoms in total. The third kappa shape index (κ3) is 4.72. The fourth-order valence-corrected chi connectivity index (χ4v) is 3.04. The topological polar surface area (TPSA) is 67.8 Å². The van der Waals surface area contributed by atoms with E-state index in [9.17, 15) is 9.90 Å². The van der Waals surface area contributed by atoms with Gasteiger partial charge in [0.05, 0.1) is 0 Å². The first-order valence-corrected chi connectivity index (χ1v) is 7.72. The number of rotatable bonds is 11. The first-order chi connectivity index (χ1) is 9.67. The fourth-order valence-electron chi connectivity index (χ4n) is 3.04. The summed E-state index contributed by atoms with van der Waals surface area (Å²) in [5.41, 5.74) is -0.730. The smallest absolute Gasteiger partial charge is 0.324 e. The summed E-state index contributed by atoms with van der Waals surface area (Å²) in [5, 5.41) is 12.9. The van der Waals surface area contributed by atoms with E-state index in [-0.39, 0.29) is 5.92 Å². The zero-order valence-corrected chi connectivity index (χ0v) is 12.8. The second-order valence-corrected chi connectivity index (χ2v) is 5.54. The van der Waals surface area contributed by atoms with Crippen LogP contribution in [0.15, 0.2) is 0 Å². The van der Waals surface area contributed by atoms with Crippen LogP contribution in [-0.2, 0) is 14.3 Å². The van der Waals surface area contributed by atoms with Gasteiger partial charge in [-0.25, -0.2) is 0 Å². The molecule has 20 heavy (non-hydrogen) atoms. The molecule has 2 N–H and O–H groups in total. The van der Waals surface area contributed by atoms with E-state index in [1.807, 2.05) is 0 Å². The number of hydrogen-bond acceptors (Lipinski definition) is 4. The van der Waals surface area contributed by atoms with E-state index in [4.69, 9.17) is 9.47 Å². The molecule has 2 atom stereocenters. The molecule has 0 aliphatic heterocycles. The molecule has 0 aromatic carbocycles. The van der Waals surface area contributed by atoms with Crippen LogP contribution in [0.1, 0.15) is 45.4 Å². The number of carboxylic acid groups (broad SMARTS) is 1. The van der Waals surface area contributed by atoms with Gasteiger partial charge in [-0.15, -0.1) is 0 Å². The highest BCUT2D eigenvalue weighted by Gasteiger charge is 2.48. The summed E-state index contributed by atoms with van der Waals surface area (Å²) < 4.78 is 10.5. The van der Waals surface area contributed by atoms with Gasteiger partial charge in [-0.05, 0) is 44.6 Å². The van der Waals surface area contributed by atoms with Crippen molar-refractivity contribution in [1.82, 2.24) is 5.32 Å². The molecule has 0 amide bonds. The van der Waals surface area contributed by atoms with Crippen molar-refractivity contribution in [3.8, 4) is 0 Å². The van der Waals surface area contributed by atoms with Crippen LogP contribution in [0.2, 0.25) is 0 Å². The van der Waals surface area contributed by atoms with Crippen molar-refractivity contribution in [2.75, 3.05) is 33.5 Å². The molecular weight excluding hydrogens is 258 g/mol. The summed E-state index contributed by atoms with van der Waals surface area (Å²) in [6.07, 6.45) is 5.35. The van der Waals surface area contributed by atoms with Gasteiger partial charge in [0.2, 0.25) is 0 Å². The summed E-state index contributed by atoms with van der Waals surface area (Å²) in [6.45, 7) is 4.85. The SMILES string of the molecule is CCCNC1(C(=O)O)CCCC1CCOCCCOC. The van der Waals surface area contributed by atoms with E-state index in [0.29, 0.717) is 19.8 Å². The lowest BCUT2D eigenvalue weighted by atomic mass is 9.84. The zero-order valence-electron chi connectivity index (χ0n) is 12.8. The molecule has 118 valence electrons. The first-order valence-electron chi connectivity index (χ1n) is 7.72. The van der Waals surface area contributed by atoms with Gasteiger partial charge in [0, 0.05) is 26.9 Å². The predicted octanol–water partition coefficient (Wildman–Crippen LogP) is 2.05. The zero-order chi connectivity index (χ0) is 14.8. The maximum Gasteiger partial charge on any atom is 0.324 e. The number of carbonyl (C=O) groups is 1. The van der Waals surface area contributed by atoms with Crippen molar-refractivity contribution < 1.29 is 19.4 Å². The van der Waals surface area contributed by atoms with Gasteiger partial charge in [-0.3, -0.25) is 4.79 Å². The average Bonchev–Trinajstić information content (AvgIpc) is 2.84. The monoisotopic (exact) mass is 287 g/mol. The third-order valence-corrected chi connectivity index (χ3v) is 4.14. The number of hydrogen-bond donors (Lipinski definition) is 2.